The molecule has 0 N–H and O–H groups in total. The summed E-state index contributed by atoms with van der Waals surface area (Å²) in [7, 11) is 5.44. The minimum atomic E-state index is -0.864. The second kappa shape index (κ2) is 11.3. The van der Waals surface area contributed by atoms with Crippen molar-refractivity contribution in [3.05, 3.63) is 95.6 Å². The summed E-state index contributed by atoms with van der Waals surface area (Å²) in [6, 6.07) is 26.6. The molecule has 1 unspecified atom stereocenters. The van der Waals surface area contributed by atoms with Gasteiger partial charge in [0.25, 0.3) is 0 Å². The van der Waals surface area contributed by atoms with Gasteiger partial charge in [-0.25, -0.2) is 0 Å². The predicted molar refractivity (Wildman–Crippen MR) is 140 cm³/mol. The fourth-order valence-corrected chi connectivity index (χ4v) is 4.84. The lowest BCUT2D eigenvalue weighted by Gasteiger charge is -2.37. The number of methoxy groups -OCH3 is 2. The Morgan fingerprint density at radius 1 is 0.829 bits per heavy atom. The SMILES string of the molecule is B[C@H]1CC(OC(C)C)[C@@H](COC(c2ccccc2)(c2ccc(OC)cc2)c2ccc(OC)cc2)O1. The van der Waals surface area contributed by atoms with Crippen LogP contribution in [0.25, 0.3) is 0 Å². The standard InChI is InChI=1S/C29H35BO5/c1-20(2)34-26-18-28(30)35-27(26)19-33-29(21-8-6-5-7-9-21,22-10-14-24(31-3)15-11-22)23-12-16-25(32-4)17-13-23/h5-17,20,26-28H,18-19,30H2,1-4H3/t26?,27-,28-/m1/s1. The van der Waals surface area contributed by atoms with E-state index in [4.69, 9.17) is 23.7 Å². The van der Waals surface area contributed by atoms with Crippen LogP contribution < -0.4 is 9.47 Å². The molecular weight excluding hydrogens is 439 g/mol. The van der Waals surface area contributed by atoms with Crippen molar-refractivity contribution < 1.29 is 23.7 Å². The Hall–Kier alpha value is -2.80. The number of hydrogen-bond acceptors (Lipinski definition) is 5. The second-order valence-corrected chi connectivity index (χ2v) is 9.26. The van der Waals surface area contributed by atoms with Crippen molar-refractivity contribution in [3.8, 4) is 11.5 Å². The monoisotopic (exact) mass is 474 g/mol. The minimum absolute atomic E-state index is 0.00907. The number of hydrogen-bond donors (Lipinski definition) is 0. The molecule has 5 nitrogen and oxygen atoms in total. The van der Waals surface area contributed by atoms with Crippen LogP contribution in [0, 0.1) is 0 Å². The zero-order chi connectivity index (χ0) is 24.8. The molecule has 1 fully saturated rings. The maximum absolute atomic E-state index is 6.99. The summed E-state index contributed by atoms with van der Waals surface area (Å²) in [5.74, 6) is 1.59. The van der Waals surface area contributed by atoms with Crippen LogP contribution in [0.15, 0.2) is 78.9 Å². The first kappa shape index (κ1) is 25.3. The molecule has 0 spiro atoms. The van der Waals surface area contributed by atoms with Crippen molar-refractivity contribution in [2.75, 3.05) is 20.8 Å². The Balaban J connectivity index is 1.80. The van der Waals surface area contributed by atoms with Crippen molar-refractivity contribution in [2.24, 2.45) is 0 Å². The molecule has 3 aromatic rings. The van der Waals surface area contributed by atoms with Crippen LogP contribution in [0.5, 0.6) is 11.5 Å². The number of rotatable bonds is 10. The molecule has 1 heterocycles. The lowest BCUT2D eigenvalue weighted by molar-refractivity contribution is -0.0977. The van der Waals surface area contributed by atoms with E-state index in [1.54, 1.807) is 14.2 Å². The molecule has 1 saturated heterocycles. The largest absolute Gasteiger partial charge is 0.497 e. The molecule has 0 amide bonds. The topological polar surface area (TPSA) is 46.2 Å². The molecular formula is C29H35BO5. The second-order valence-electron chi connectivity index (χ2n) is 9.26. The summed E-state index contributed by atoms with van der Waals surface area (Å²) >= 11 is 0. The molecule has 1 aliphatic rings. The van der Waals surface area contributed by atoms with E-state index in [-0.39, 0.29) is 24.3 Å². The van der Waals surface area contributed by atoms with Gasteiger partial charge in [0.2, 0.25) is 0 Å². The van der Waals surface area contributed by atoms with Gasteiger partial charge < -0.3 is 23.7 Å². The maximum atomic E-state index is 6.99. The van der Waals surface area contributed by atoms with E-state index in [1.165, 1.54) is 0 Å². The van der Waals surface area contributed by atoms with Crippen LogP contribution in [0.1, 0.15) is 37.0 Å². The summed E-state index contributed by atoms with van der Waals surface area (Å²) in [6.45, 7) is 4.50. The normalized spacial score (nSPS) is 20.2. The minimum Gasteiger partial charge on any atom is -0.497 e. The molecule has 0 saturated carbocycles. The lowest BCUT2D eigenvalue weighted by Crippen LogP contribution is -2.39. The quantitative estimate of drug-likeness (QED) is 0.319. The van der Waals surface area contributed by atoms with Gasteiger partial charge in [-0.15, -0.1) is 0 Å². The Bertz CT molecular complexity index is 1010. The average Bonchev–Trinajstić information content (AvgIpc) is 3.23. The summed E-state index contributed by atoms with van der Waals surface area (Å²) in [4.78, 5) is 0. The molecule has 0 bridgehead atoms. The van der Waals surface area contributed by atoms with Crippen molar-refractivity contribution in [1.29, 1.82) is 0 Å². The zero-order valence-electron chi connectivity index (χ0n) is 21.3. The van der Waals surface area contributed by atoms with Crippen LogP contribution in [-0.4, -0.2) is 53.0 Å². The van der Waals surface area contributed by atoms with Crippen molar-refractivity contribution in [1.82, 2.24) is 0 Å². The third-order valence-corrected chi connectivity index (χ3v) is 6.47. The first-order valence-electron chi connectivity index (χ1n) is 12.3. The molecule has 1 aliphatic heterocycles. The smallest absolute Gasteiger partial charge is 0.143 e. The Kier molecular flexibility index (Phi) is 8.17. The summed E-state index contributed by atoms with van der Waals surface area (Å²) in [6.07, 6.45) is 0.811. The van der Waals surface area contributed by atoms with Crippen molar-refractivity contribution in [3.63, 3.8) is 0 Å². The molecule has 0 aromatic heterocycles. The van der Waals surface area contributed by atoms with Gasteiger partial charge in [-0.05, 0) is 61.2 Å². The van der Waals surface area contributed by atoms with Gasteiger partial charge in [-0.3, -0.25) is 0 Å². The zero-order valence-corrected chi connectivity index (χ0v) is 21.3. The van der Waals surface area contributed by atoms with Crippen LogP contribution in [0.2, 0.25) is 0 Å². The van der Waals surface area contributed by atoms with Gasteiger partial charge in [-0.2, -0.15) is 0 Å². The number of benzene rings is 3. The molecule has 6 heteroatoms. The van der Waals surface area contributed by atoms with E-state index in [0.29, 0.717) is 6.61 Å². The molecule has 184 valence electrons. The van der Waals surface area contributed by atoms with E-state index < -0.39 is 5.60 Å². The van der Waals surface area contributed by atoms with Gasteiger partial charge in [0, 0.05) is 6.00 Å². The average molecular weight is 474 g/mol. The van der Waals surface area contributed by atoms with E-state index >= 15 is 0 Å². The molecule has 3 aromatic carbocycles. The van der Waals surface area contributed by atoms with Crippen LogP contribution in [0.4, 0.5) is 0 Å². The first-order valence-corrected chi connectivity index (χ1v) is 12.3. The molecule has 3 atom stereocenters. The molecule has 0 radical (unpaired) electrons. The summed E-state index contributed by atoms with van der Waals surface area (Å²) in [5.41, 5.74) is 2.17. The fourth-order valence-electron chi connectivity index (χ4n) is 4.84. The van der Waals surface area contributed by atoms with E-state index in [1.807, 2.05) is 42.5 Å². The highest BCUT2D eigenvalue weighted by atomic mass is 16.6. The lowest BCUT2D eigenvalue weighted by atomic mass is 9.80. The summed E-state index contributed by atoms with van der Waals surface area (Å²) < 4.78 is 30.3. The number of ether oxygens (including phenoxy) is 5. The van der Waals surface area contributed by atoms with Gasteiger partial charge in [0.15, 0.2) is 0 Å². The molecule has 0 aliphatic carbocycles. The van der Waals surface area contributed by atoms with Crippen LogP contribution in [0.3, 0.4) is 0 Å². The molecule has 35 heavy (non-hydrogen) atoms. The molecule has 4 rings (SSSR count). The highest BCUT2D eigenvalue weighted by Crippen LogP contribution is 2.42. The third-order valence-electron chi connectivity index (χ3n) is 6.47. The Labute approximate surface area is 209 Å². The van der Waals surface area contributed by atoms with Gasteiger partial charge in [-0.1, -0.05) is 54.6 Å². The Morgan fingerprint density at radius 2 is 1.34 bits per heavy atom. The summed E-state index contributed by atoms with van der Waals surface area (Å²) in [5, 5.41) is 0. The highest BCUT2D eigenvalue weighted by molar-refractivity contribution is 6.11. The van der Waals surface area contributed by atoms with Gasteiger partial charge in [0.05, 0.1) is 33.0 Å². The van der Waals surface area contributed by atoms with Gasteiger partial charge >= 0.3 is 0 Å². The first-order chi connectivity index (χ1) is 17.0. The van der Waals surface area contributed by atoms with E-state index in [2.05, 4.69) is 58.1 Å². The van der Waals surface area contributed by atoms with Crippen LogP contribution >= 0.6 is 0 Å². The van der Waals surface area contributed by atoms with E-state index in [9.17, 15) is 0 Å². The maximum Gasteiger partial charge on any atom is 0.143 e. The van der Waals surface area contributed by atoms with Crippen LogP contribution in [-0.2, 0) is 19.8 Å². The highest BCUT2D eigenvalue weighted by Gasteiger charge is 2.41. The predicted octanol–water partition coefficient (Wildman–Crippen LogP) is 4.55. The van der Waals surface area contributed by atoms with Gasteiger partial charge in [0.1, 0.15) is 31.1 Å². The fraction of sp³-hybridized carbons (Fsp3) is 0.379. The third kappa shape index (κ3) is 5.56. The van der Waals surface area contributed by atoms with Crippen molar-refractivity contribution in [2.45, 2.75) is 50.2 Å². The van der Waals surface area contributed by atoms with Crippen molar-refractivity contribution >= 4 is 7.85 Å². The van der Waals surface area contributed by atoms with E-state index in [0.717, 1.165) is 34.6 Å². The Morgan fingerprint density at radius 3 is 1.83 bits per heavy atom.